The molecule has 0 saturated carbocycles. The van der Waals surface area contributed by atoms with Crippen LogP contribution in [0.4, 0.5) is 0 Å². The number of hydrogen-bond donors (Lipinski definition) is 0. The van der Waals surface area contributed by atoms with Crippen LogP contribution < -0.4 is 9.97 Å². The monoisotopic (exact) mass is 605 g/mol. The van der Waals surface area contributed by atoms with Crippen LogP contribution in [-0.2, 0) is 17.1 Å². The van der Waals surface area contributed by atoms with E-state index < -0.39 is 0 Å². The molecule has 2 aliphatic heterocycles. The molecule has 208 valence electrons. The number of rotatable bonds is 0. The van der Waals surface area contributed by atoms with E-state index in [4.69, 9.17) is 39.9 Å². The van der Waals surface area contributed by atoms with Gasteiger partial charge < -0.3 is 29.9 Å². The molecule has 0 N–H and O–H groups in total. The van der Waals surface area contributed by atoms with Crippen molar-refractivity contribution in [2.75, 3.05) is 0 Å². The maximum absolute atomic E-state index is 4.95. The Morgan fingerprint density at radius 3 is 0.860 bits per heavy atom. The fourth-order valence-corrected chi connectivity index (χ4v) is 5.46. The van der Waals surface area contributed by atoms with Gasteiger partial charge in [-0.15, -0.1) is 0 Å². The summed E-state index contributed by atoms with van der Waals surface area (Å²) in [6, 6.07) is 31.8. The zero-order chi connectivity index (χ0) is 26.2. The van der Waals surface area contributed by atoms with Crippen molar-refractivity contribution in [1.82, 2.24) is 39.9 Å². The molecule has 4 radical (unpaired) electrons. The van der Waals surface area contributed by atoms with Gasteiger partial charge in [0, 0.05) is 54.7 Å². The summed E-state index contributed by atoms with van der Waals surface area (Å²) in [5.74, 6) is 2.21. The first-order valence-corrected chi connectivity index (χ1v) is 12.9. The van der Waals surface area contributed by atoms with Gasteiger partial charge in [0.2, 0.25) is 0 Å². The predicted molar refractivity (Wildman–Crippen MR) is 169 cm³/mol. The van der Waals surface area contributed by atoms with E-state index in [1.165, 1.54) is 0 Å². The van der Waals surface area contributed by atoms with Crippen LogP contribution in [0.5, 0.6) is 0 Å². The van der Waals surface area contributed by atoms with Crippen LogP contribution in [0.25, 0.3) is 89.7 Å². The van der Waals surface area contributed by atoms with Crippen molar-refractivity contribution in [2.24, 2.45) is 0 Å². The first-order valence-electron chi connectivity index (χ1n) is 12.9. The molecule has 7 aromatic rings. The van der Waals surface area contributed by atoms with E-state index in [1.807, 2.05) is 97.1 Å². The molecule has 0 spiro atoms. The van der Waals surface area contributed by atoms with E-state index in [9.17, 15) is 0 Å². The van der Waals surface area contributed by atoms with Crippen LogP contribution in [0, 0.1) is 0 Å². The third kappa shape index (κ3) is 4.22. The zero-order valence-electron chi connectivity index (χ0n) is 21.7. The Labute approximate surface area is 260 Å². The maximum Gasteiger partial charge on any atom is 2.00 e. The van der Waals surface area contributed by atoms with Crippen molar-refractivity contribution >= 4 is 52.5 Å². The van der Waals surface area contributed by atoms with E-state index >= 15 is 0 Å². The summed E-state index contributed by atoms with van der Waals surface area (Å²) in [7, 11) is 0. The molecule has 8 bridgehead atoms. The van der Waals surface area contributed by atoms with Crippen LogP contribution in [0.2, 0.25) is 0 Å². The molecule has 0 aliphatic carbocycles. The smallest absolute Gasteiger partial charge is 0.357 e. The second-order valence-electron chi connectivity index (χ2n) is 9.67. The molecule has 43 heavy (non-hydrogen) atoms. The summed E-state index contributed by atoms with van der Waals surface area (Å²) in [6.07, 6.45) is 0. The van der Waals surface area contributed by atoms with E-state index in [2.05, 4.69) is 0 Å². The minimum atomic E-state index is 0. The average Bonchev–Trinajstić information content (AvgIpc) is 3.73. The minimum Gasteiger partial charge on any atom is -0.357 e. The van der Waals surface area contributed by atoms with Crippen LogP contribution in [0.15, 0.2) is 97.1 Å². The number of nitrogens with zero attached hydrogens (tertiary/aromatic N) is 8. The molecular formula is C33H22BCuN8. The molecule has 8 nitrogen and oxygen atoms in total. The maximum atomic E-state index is 4.95. The average molecular weight is 606 g/mol. The van der Waals surface area contributed by atoms with Gasteiger partial charge in [-0.1, -0.05) is 104 Å². The summed E-state index contributed by atoms with van der Waals surface area (Å²) in [6.45, 7) is 0. The van der Waals surface area contributed by atoms with Gasteiger partial charge in [-0.2, -0.15) is 0 Å². The third-order valence-corrected chi connectivity index (χ3v) is 7.33. The van der Waals surface area contributed by atoms with Crippen molar-refractivity contribution in [3.05, 3.63) is 97.1 Å². The second-order valence-corrected chi connectivity index (χ2v) is 9.67. The Morgan fingerprint density at radius 2 is 0.605 bits per heavy atom. The third-order valence-electron chi connectivity index (χ3n) is 7.33. The van der Waals surface area contributed by atoms with Gasteiger partial charge in [-0.05, 0) is 21.5 Å². The summed E-state index contributed by atoms with van der Waals surface area (Å²) in [5, 5.41) is 3.57. The van der Waals surface area contributed by atoms with Crippen molar-refractivity contribution in [1.29, 1.82) is 0 Å². The topological polar surface area (TPSA) is 106 Å². The Bertz CT molecular complexity index is 2050. The van der Waals surface area contributed by atoms with Gasteiger partial charge >= 0.3 is 17.1 Å². The van der Waals surface area contributed by atoms with E-state index in [0.29, 0.717) is 45.9 Å². The SMILES string of the molecule is C.[2HH].[B].[Cu+2].c1ccc2c(c1)-c1nc-2nc2[n-]c(nc3nc(nc4[n-]c(n1)c1ccccc41)-c1ccccc1-3)c1ccccc21. The summed E-state index contributed by atoms with van der Waals surface area (Å²) >= 11 is 0. The van der Waals surface area contributed by atoms with Gasteiger partial charge in [0.15, 0.2) is 0 Å². The fourth-order valence-electron chi connectivity index (χ4n) is 5.46. The molecular weight excluding hydrogens is 583 g/mol. The molecule has 9 rings (SSSR count). The van der Waals surface area contributed by atoms with Crippen molar-refractivity contribution < 1.29 is 18.5 Å². The largest absolute Gasteiger partial charge is 2.00 e. The number of aromatic nitrogens is 8. The zero-order valence-corrected chi connectivity index (χ0v) is 22.6. The predicted octanol–water partition coefficient (Wildman–Crippen LogP) is 6.63. The Kier molecular flexibility index (Phi) is 6.88. The molecule has 0 saturated heterocycles. The summed E-state index contributed by atoms with van der Waals surface area (Å²) < 4.78 is 0. The molecule has 0 unspecified atom stereocenters. The van der Waals surface area contributed by atoms with Crippen LogP contribution in [-0.4, -0.2) is 38.3 Å². The summed E-state index contributed by atoms with van der Waals surface area (Å²) in [4.78, 5) is 39.3. The van der Waals surface area contributed by atoms with Crippen LogP contribution in [0.1, 0.15) is 8.85 Å². The van der Waals surface area contributed by atoms with Crippen LogP contribution in [0.3, 0.4) is 0 Å². The molecule has 0 amide bonds. The van der Waals surface area contributed by atoms with Gasteiger partial charge in [0.05, 0.1) is 23.3 Å². The molecule has 0 atom stereocenters. The molecule has 10 heteroatoms. The normalized spacial score (nSPS) is 11.2. The van der Waals surface area contributed by atoms with Gasteiger partial charge in [0.1, 0.15) is 0 Å². The standard InChI is InChI=1S/C32H16N8.CH4.B.Cu.H2/c1-2-10-18-17(9-1)25-33-26(18)38-28-21-13-5-6-14-22(21)30(35-28)40-32-24-16-8-7-15-23(24)31(36-32)39-29-20-12-4-3-11-19(20)27(34-29)37-25;;;;/h1-16H;1H4;;;1H/q-2;;;+2;/i;;;;1+1. The van der Waals surface area contributed by atoms with Gasteiger partial charge in [-0.3, -0.25) is 0 Å². The Balaban J connectivity index is 0.000000960. The van der Waals surface area contributed by atoms with Gasteiger partial charge in [0.25, 0.3) is 0 Å². The molecule has 0 fully saturated rings. The van der Waals surface area contributed by atoms with Crippen molar-refractivity contribution in [3.8, 4) is 45.6 Å². The number of fused-ring (bicyclic) bond motifs is 20. The summed E-state index contributed by atoms with van der Waals surface area (Å²) in [5.41, 5.74) is 5.78. The van der Waals surface area contributed by atoms with E-state index in [-0.39, 0.29) is 34.3 Å². The first-order chi connectivity index (χ1) is 19.8. The minimum absolute atomic E-state index is 0. The molecule has 4 aromatic carbocycles. The Hall–Kier alpha value is -5.18. The number of benzene rings is 4. The quantitative estimate of drug-likeness (QED) is 0.177. The second kappa shape index (κ2) is 10.6. The van der Waals surface area contributed by atoms with E-state index in [1.54, 1.807) is 0 Å². The molecule has 3 aromatic heterocycles. The molecule has 5 heterocycles. The number of hydrogen-bond acceptors (Lipinski definition) is 6. The molecule has 2 aliphatic rings. The van der Waals surface area contributed by atoms with Gasteiger partial charge in [-0.25, -0.2) is 9.97 Å². The van der Waals surface area contributed by atoms with Crippen molar-refractivity contribution in [2.45, 2.75) is 7.43 Å². The fraction of sp³-hybridized carbons (Fsp3) is 0.0303. The van der Waals surface area contributed by atoms with Crippen LogP contribution >= 0.6 is 0 Å². The van der Waals surface area contributed by atoms with E-state index in [0.717, 1.165) is 43.8 Å². The first kappa shape index (κ1) is 28.0. The van der Waals surface area contributed by atoms with Crippen molar-refractivity contribution in [3.63, 3.8) is 0 Å². The Morgan fingerprint density at radius 1 is 0.372 bits per heavy atom.